The van der Waals surface area contributed by atoms with Gasteiger partial charge in [0.05, 0.1) is 0 Å². The molecule has 0 fully saturated rings. The highest BCUT2D eigenvalue weighted by atomic mass is 15.6. The Hall–Kier alpha value is -1.76. The van der Waals surface area contributed by atoms with Gasteiger partial charge in [0.15, 0.2) is 5.65 Å². The number of nitrogens with zero attached hydrogens (tertiary/aromatic N) is 6. The van der Waals surface area contributed by atoms with E-state index in [0.717, 1.165) is 18.8 Å². The minimum absolute atomic E-state index is 0.360. The molecule has 0 radical (unpaired) electrons. The molecule has 0 amide bonds. The maximum Gasteiger partial charge on any atom is 0.200 e. The first-order valence-corrected chi connectivity index (χ1v) is 5.62. The van der Waals surface area contributed by atoms with E-state index in [9.17, 15) is 0 Å². The molecule has 2 aromatic heterocycles. The molecule has 0 saturated carbocycles. The molecule has 0 aliphatic rings. The molecule has 0 saturated heterocycles. The van der Waals surface area contributed by atoms with Crippen LogP contribution in [0.3, 0.4) is 0 Å². The van der Waals surface area contributed by atoms with Crippen LogP contribution in [0.2, 0.25) is 0 Å². The van der Waals surface area contributed by atoms with Gasteiger partial charge in [0.25, 0.3) is 0 Å². The van der Waals surface area contributed by atoms with Gasteiger partial charge in [-0.25, -0.2) is 0 Å². The fourth-order valence-corrected chi connectivity index (χ4v) is 1.50. The normalized spacial score (nSPS) is 13.2. The van der Waals surface area contributed by atoms with Crippen molar-refractivity contribution in [3.05, 3.63) is 12.1 Å². The summed E-state index contributed by atoms with van der Waals surface area (Å²) in [6.07, 6.45) is 1.06. The molecule has 0 aromatic carbocycles. The largest absolute Gasteiger partial charge is 0.366 e. The standard InChI is InChI=1S/C10H17N7/c1-8(6-7-16(2)3)11-9-4-5-10-12-14-15-17(10)13-9/h4-5,8H,6-7H2,1-3H3,(H,11,13). The Morgan fingerprint density at radius 1 is 1.41 bits per heavy atom. The zero-order valence-corrected chi connectivity index (χ0v) is 10.3. The van der Waals surface area contributed by atoms with E-state index < -0.39 is 0 Å². The van der Waals surface area contributed by atoms with Crippen molar-refractivity contribution in [1.82, 2.24) is 30.2 Å². The Kier molecular flexibility index (Phi) is 3.48. The summed E-state index contributed by atoms with van der Waals surface area (Å²) in [5, 5.41) is 18.7. The lowest BCUT2D eigenvalue weighted by atomic mass is 10.2. The molecule has 2 aromatic rings. The first kappa shape index (κ1) is 11.7. The Bertz CT molecular complexity index is 478. The van der Waals surface area contributed by atoms with Crippen LogP contribution < -0.4 is 5.32 Å². The summed E-state index contributed by atoms with van der Waals surface area (Å²) < 4.78 is 1.42. The molecule has 2 heterocycles. The predicted molar refractivity (Wildman–Crippen MR) is 64.8 cm³/mol. The Morgan fingerprint density at radius 3 is 3.00 bits per heavy atom. The van der Waals surface area contributed by atoms with Crippen molar-refractivity contribution in [1.29, 1.82) is 0 Å². The third-order valence-corrected chi connectivity index (χ3v) is 2.47. The van der Waals surface area contributed by atoms with Gasteiger partial charge in [-0.1, -0.05) is 0 Å². The first-order valence-electron chi connectivity index (χ1n) is 5.62. The third kappa shape index (κ3) is 3.10. The number of rotatable bonds is 5. The zero-order valence-electron chi connectivity index (χ0n) is 10.3. The Balaban J connectivity index is 1.97. The summed E-state index contributed by atoms with van der Waals surface area (Å²) in [5.41, 5.74) is 0.650. The van der Waals surface area contributed by atoms with Crippen molar-refractivity contribution in [3.8, 4) is 0 Å². The SMILES string of the molecule is CC(CCN(C)C)Nc1ccc2nnnn2n1. The van der Waals surface area contributed by atoms with E-state index in [-0.39, 0.29) is 0 Å². The highest BCUT2D eigenvalue weighted by Gasteiger charge is 2.05. The van der Waals surface area contributed by atoms with Crippen molar-refractivity contribution in [2.75, 3.05) is 26.0 Å². The van der Waals surface area contributed by atoms with Crippen LogP contribution in [0.15, 0.2) is 12.1 Å². The van der Waals surface area contributed by atoms with Crippen LogP contribution in [0.1, 0.15) is 13.3 Å². The predicted octanol–water partition coefficient (Wildman–Crippen LogP) is 0.271. The monoisotopic (exact) mass is 235 g/mol. The highest BCUT2D eigenvalue weighted by Crippen LogP contribution is 2.06. The molecule has 2 rings (SSSR count). The van der Waals surface area contributed by atoms with Crippen LogP contribution in [-0.4, -0.2) is 56.8 Å². The molecule has 1 unspecified atom stereocenters. The van der Waals surface area contributed by atoms with Crippen LogP contribution in [0.4, 0.5) is 5.82 Å². The molecule has 1 N–H and O–H groups in total. The molecule has 17 heavy (non-hydrogen) atoms. The van der Waals surface area contributed by atoms with E-state index in [1.807, 2.05) is 12.1 Å². The Labute approximate surface area is 99.8 Å². The average Bonchev–Trinajstić information content (AvgIpc) is 2.73. The lowest BCUT2D eigenvalue weighted by Gasteiger charge is -2.16. The van der Waals surface area contributed by atoms with Gasteiger partial charge in [-0.05, 0) is 56.5 Å². The lowest BCUT2D eigenvalue weighted by molar-refractivity contribution is 0.390. The topological polar surface area (TPSA) is 71.2 Å². The zero-order chi connectivity index (χ0) is 12.3. The number of fused-ring (bicyclic) bond motifs is 1. The van der Waals surface area contributed by atoms with E-state index in [4.69, 9.17) is 0 Å². The fraction of sp³-hybridized carbons (Fsp3) is 0.600. The summed E-state index contributed by atoms with van der Waals surface area (Å²) in [7, 11) is 4.14. The smallest absolute Gasteiger partial charge is 0.200 e. The van der Waals surface area contributed by atoms with Gasteiger partial charge >= 0.3 is 0 Å². The summed E-state index contributed by atoms with van der Waals surface area (Å²) >= 11 is 0. The summed E-state index contributed by atoms with van der Waals surface area (Å²) in [4.78, 5) is 2.16. The van der Waals surface area contributed by atoms with Crippen molar-refractivity contribution >= 4 is 11.5 Å². The average molecular weight is 235 g/mol. The van der Waals surface area contributed by atoms with Crippen molar-refractivity contribution < 1.29 is 0 Å². The van der Waals surface area contributed by atoms with E-state index in [1.54, 1.807) is 0 Å². The molecule has 0 aliphatic carbocycles. The number of hydrogen-bond donors (Lipinski definition) is 1. The van der Waals surface area contributed by atoms with Gasteiger partial charge in [0.1, 0.15) is 5.82 Å². The third-order valence-electron chi connectivity index (χ3n) is 2.47. The Morgan fingerprint density at radius 2 is 2.24 bits per heavy atom. The quantitative estimate of drug-likeness (QED) is 0.802. The van der Waals surface area contributed by atoms with E-state index in [2.05, 4.69) is 51.9 Å². The number of tetrazole rings is 1. The van der Waals surface area contributed by atoms with Gasteiger partial charge in [-0.15, -0.1) is 14.8 Å². The maximum absolute atomic E-state index is 4.26. The summed E-state index contributed by atoms with van der Waals surface area (Å²) in [6.45, 7) is 3.18. The summed E-state index contributed by atoms with van der Waals surface area (Å²) in [6, 6.07) is 4.09. The van der Waals surface area contributed by atoms with Crippen LogP contribution >= 0.6 is 0 Å². The van der Waals surface area contributed by atoms with Crippen LogP contribution in [0.5, 0.6) is 0 Å². The van der Waals surface area contributed by atoms with E-state index in [1.165, 1.54) is 4.63 Å². The second kappa shape index (κ2) is 5.05. The molecular weight excluding hydrogens is 218 g/mol. The van der Waals surface area contributed by atoms with Gasteiger partial charge in [0, 0.05) is 6.04 Å². The maximum atomic E-state index is 4.26. The van der Waals surface area contributed by atoms with Crippen LogP contribution in [-0.2, 0) is 0 Å². The molecule has 1 atom stereocenters. The minimum atomic E-state index is 0.360. The van der Waals surface area contributed by atoms with Crippen molar-refractivity contribution in [3.63, 3.8) is 0 Å². The lowest BCUT2D eigenvalue weighted by Crippen LogP contribution is -2.23. The van der Waals surface area contributed by atoms with Crippen molar-refractivity contribution in [2.45, 2.75) is 19.4 Å². The van der Waals surface area contributed by atoms with Crippen LogP contribution in [0.25, 0.3) is 5.65 Å². The molecule has 0 spiro atoms. The van der Waals surface area contributed by atoms with Gasteiger partial charge in [-0.3, -0.25) is 0 Å². The molecule has 7 nitrogen and oxygen atoms in total. The molecular formula is C10H17N7. The summed E-state index contributed by atoms with van der Waals surface area (Å²) in [5.74, 6) is 0.788. The molecule has 92 valence electrons. The molecule has 7 heteroatoms. The second-order valence-corrected chi connectivity index (χ2v) is 4.38. The van der Waals surface area contributed by atoms with E-state index in [0.29, 0.717) is 11.7 Å². The fourth-order valence-electron chi connectivity index (χ4n) is 1.50. The number of hydrogen-bond acceptors (Lipinski definition) is 6. The van der Waals surface area contributed by atoms with Crippen LogP contribution in [0, 0.1) is 0 Å². The minimum Gasteiger partial charge on any atom is -0.366 e. The van der Waals surface area contributed by atoms with Gasteiger partial charge in [0.2, 0.25) is 0 Å². The van der Waals surface area contributed by atoms with E-state index >= 15 is 0 Å². The van der Waals surface area contributed by atoms with Gasteiger partial charge < -0.3 is 10.2 Å². The second-order valence-electron chi connectivity index (χ2n) is 4.38. The highest BCUT2D eigenvalue weighted by molar-refractivity contribution is 5.42. The number of aromatic nitrogens is 5. The first-order chi connectivity index (χ1) is 8.15. The molecule has 0 bridgehead atoms. The number of nitrogens with one attached hydrogen (secondary N) is 1. The van der Waals surface area contributed by atoms with Crippen molar-refractivity contribution in [2.24, 2.45) is 0 Å². The van der Waals surface area contributed by atoms with Gasteiger partial charge in [-0.2, -0.15) is 0 Å². The molecule has 0 aliphatic heterocycles. The number of anilines is 1.